The molecular formula is C32H54N2O14-2. The zero-order chi connectivity index (χ0) is 37.5. The number of nitrogens with zero attached hydrogens (tertiary/aromatic N) is 2. The molecule has 16 nitrogen and oxygen atoms in total. The average molecular weight is 691 g/mol. The number of esters is 6. The molecule has 2 N–H and O–H groups in total. The first-order valence-corrected chi connectivity index (χ1v) is 15.8. The Hall–Kier alpha value is -3.34. The lowest BCUT2D eigenvalue weighted by Gasteiger charge is -2.38. The molecular weight excluding hydrogens is 636 g/mol. The third-order valence-electron chi connectivity index (χ3n) is 7.02. The van der Waals surface area contributed by atoms with Gasteiger partial charge in [-0.2, -0.15) is 14.1 Å². The molecule has 0 radical (unpaired) electrons. The summed E-state index contributed by atoms with van der Waals surface area (Å²) in [5.74, 6) is -7.85. The van der Waals surface area contributed by atoms with E-state index in [4.69, 9.17) is 28.4 Å². The van der Waals surface area contributed by atoms with Crippen molar-refractivity contribution in [2.45, 2.75) is 118 Å². The molecule has 0 fully saturated rings. The van der Waals surface area contributed by atoms with E-state index in [1.165, 1.54) is 14.1 Å². The molecule has 0 aromatic carbocycles. The van der Waals surface area contributed by atoms with Gasteiger partial charge >= 0.3 is 23.9 Å². The van der Waals surface area contributed by atoms with Gasteiger partial charge in [-0.15, -0.1) is 0 Å². The topological polar surface area (TPSA) is 226 Å². The van der Waals surface area contributed by atoms with Crippen molar-refractivity contribution in [2.75, 3.05) is 27.3 Å². The van der Waals surface area contributed by atoms with Crippen LogP contribution in [0.25, 0.3) is 10.6 Å². The summed E-state index contributed by atoms with van der Waals surface area (Å²) in [7, 11) is 2.76. The van der Waals surface area contributed by atoms with E-state index in [-0.39, 0.29) is 11.8 Å². The van der Waals surface area contributed by atoms with Gasteiger partial charge in [0.25, 0.3) is 11.9 Å². The Balaban J connectivity index is 7.22. The van der Waals surface area contributed by atoms with Gasteiger partial charge in [0.1, 0.15) is 13.2 Å². The number of hydrogen-bond acceptors (Lipinski definition) is 14. The number of rotatable bonds is 21. The third-order valence-corrected chi connectivity index (χ3v) is 7.02. The van der Waals surface area contributed by atoms with Crippen molar-refractivity contribution in [2.24, 2.45) is 23.7 Å². The van der Waals surface area contributed by atoms with Crippen molar-refractivity contribution in [3.63, 3.8) is 0 Å². The molecule has 0 heterocycles. The maximum atomic E-state index is 13.3. The van der Waals surface area contributed by atoms with Gasteiger partial charge in [0.2, 0.25) is 0 Å². The molecule has 0 aliphatic rings. The Bertz CT molecular complexity index is 981. The first-order valence-electron chi connectivity index (χ1n) is 15.8. The minimum absolute atomic E-state index is 0.365. The summed E-state index contributed by atoms with van der Waals surface area (Å²) >= 11 is 0. The van der Waals surface area contributed by atoms with Crippen LogP contribution in [0.15, 0.2) is 0 Å². The van der Waals surface area contributed by atoms with Crippen LogP contribution < -0.4 is 0 Å². The quantitative estimate of drug-likeness (QED) is 0.129. The molecule has 0 bridgehead atoms. The van der Waals surface area contributed by atoms with Crippen LogP contribution in [-0.2, 0) is 57.2 Å². The summed E-state index contributed by atoms with van der Waals surface area (Å²) in [4.78, 5) is 76.8. The largest absolute Gasteiger partial charge is 0.653 e. The fourth-order valence-corrected chi connectivity index (χ4v) is 4.32. The maximum Gasteiger partial charge on any atom is 0.335 e. The first-order chi connectivity index (χ1) is 22.2. The summed E-state index contributed by atoms with van der Waals surface area (Å²) in [6.45, 7) is 13.3. The smallest absolute Gasteiger partial charge is 0.335 e. The van der Waals surface area contributed by atoms with Crippen molar-refractivity contribution >= 4 is 35.8 Å². The number of carbonyl (C=O) groups is 6. The van der Waals surface area contributed by atoms with Crippen LogP contribution in [0.2, 0.25) is 0 Å². The van der Waals surface area contributed by atoms with E-state index < -0.39 is 110 Å². The predicted molar refractivity (Wildman–Crippen MR) is 170 cm³/mol. The van der Waals surface area contributed by atoms with Gasteiger partial charge in [-0.05, 0) is 23.9 Å². The van der Waals surface area contributed by atoms with E-state index in [9.17, 15) is 39.0 Å². The Labute approximate surface area is 282 Å². The van der Waals surface area contributed by atoms with Crippen molar-refractivity contribution < 1.29 is 67.4 Å². The van der Waals surface area contributed by atoms with E-state index >= 15 is 0 Å². The average Bonchev–Trinajstić information content (AvgIpc) is 2.97. The molecule has 0 aliphatic heterocycles. The van der Waals surface area contributed by atoms with E-state index in [2.05, 4.69) is 10.6 Å². The Morgan fingerprint density at radius 2 is 0.792 bits per heavy atom. The molecule has 16 heteroatoms. The van der Waals surface area contributed by atoms with E-state index in [0.29, 0.717) is 0 Å². The lowest BCUT2D eigenvalue weighted by Crippen LogP contribution is -2.55. The monoisotopic (exact) mass is 690 g/mol. The van der Waals surface area contributed by atoms with Crippen LogP contribution in [0.3, 0.4) is 0 Å². The first kappa shape index (κ1) is 44.7. The molecule has 0 aromatic rings. The molecule has 8 atom stereocenters. The highest BCUT2D eigenvalue weighted by Crippen LogP contribution is 2.24. The van der Waals surface area contributed by atoms with Gasteiger partial charge in [-0.3, -0.25) is 19.2 Å². The van der Waals surface area contributed by atoms with Crippen molar-refractivity contribution in [1.29, 1.82) is 0 Å². The molecule has 278 valence electrons. The second-order valence-corrected chi connectivity index (χ2v) is 12.6. The van der Waals surface area contributed by atoms with Crippen LogP contribution in [0, 0.1) is 23.7 Å². The van der Waals surface area contributed by atoms with E-state index in [1.807, 2.05) is 0 Å². The summed E-state index contributed by atoms with van der Waals surface area (Å²) < 4.78 is 32.8. The van der Waals surface area contributed by atoms with Crippen LogP contribution >= 0.6 is 0 Å². The minimum atomic E-state index is -1.85. The summed E-state index contributed by atoms with van der Waals surface area (Å²) in [6, 6.07) is -2.06. The predicted octanol–water partition coefficient (Wildman–Crippen LogP) is 1.85. The zero-order valence-corrected chi connectivity index (χ0v) is 30.0. The third kappa shape index (κ3) is 14.8. The molecule has 0 aliphatic carbocycles. The van der Waals surface area contributed by atoms with Crippen LogP contribution in [0.5, 0.6) is 0 Å². The van der Waals surface area contributed by atoms with Gasteiger partial charge in [-0.25, -0.2) is 9.59 Å². The molecule has 48 heavy (non-hydrogen) atoms. The second-order valence-electron chi connectivity index (χ2n) is 12.6. The standard InChI is InChI=1S/C32H54N2O14/c1-15(2)23(33-11)29(39)47-21(13-43-31(41)25(37)17(5)6)27(45-19(9)35)28(46-20(10)36)22(14-44-32(42)26(38)18(7)8)48-30(40)24(34-12)16(3)4/h15-18,21-28,37-38H,13-14H2,1-12H3/q-2. The Morgan fingerprint density at radius 1 is 0.500 bits per heavy atom. The zero-order valence-electron chi connectivity index (χ0n) is 30.0. The lowest BCUT2D eigenvalue weighted by molar-refractivity contribution is -0.210. The number of ether oxygens (including phenoxy) is 6. The highest BCUT2D eigenvalue weighted by molar-refractivity contribution is 5.80. The van der Waals surface area contributed by atoms with Crippen LogP contribution in [-0.4, -0.2) is 122 Å². The van der Waals surface area contributed by atoms with Crippen molar-refractivity contribution in [3.05, 3.63) is 10.6 Å². The number of aliphatic hydroxyl groups excluding tert-OH is 2. The normalized spacial score (nSPS) is 16.6. The summed E-state index contributed by atoms with van der Waals surface area (Å²) in [5.41, 5.74) is 0. The number of likely N-dealkylation sites (N-methyl/N-ethyl adjacent to an activating group) is 2. The molecule has 0 amide bonds. The van der Waals surface area contributed by atoms with Crippen molar-refractivity contribution in [3.8, 4) is 0 Å². The highest BCUT2D eigenvalue weighted by atomic mass is 16.6. The van der Waals surface area contributed by atoms with Gasteiger partial charge in [0, 0.05) is 13.8 Å². The van der Waals surface area contributed by atoms with E-state index in [1.54, 1.807) is 55.4 Å². The van der Waals surface area contributed by atoms with Crippen LogP contribution in [0.4, 0.5) is 0 Å². The molecule has 8 unspecified atom stereocenters. The van der Waals surface area contributed by atoms with Gasteiger partial charge in [0.15, 0.2) is 36.6 Å². The summed E-state index contributed by atoms with van der Waals surface area (Å²) in [6.07, 6.45) is -10.3. The van der Waals surface area contributed by atoms with Crippen LogP contribution in [0.1, 0.15) is 69.2 Å². The number of aliphatic hydroxyl groups is 2. The summed E-state index contributed by atoms with van der Waals surface area (Å²) in [5, 5.41) is 28.5. The van der Waals surface area contributed by atoms with Crippen molar-refractivity contribution in [1.82, 2.24) is 0 Å². The number of hydrogen-bond donors (Lipinski definition) is 2. The highest BCUT2D eigenvalue weighted by Gasteiger charge is 2.46. The fourth-order valence-electron chi connectivity index (χ4n) is 4.32. The SMILES string of the molecule is C[N-]C(C(=O)OC(COC(=O)C(O)C(C)C)C(OC(C)=O)C(OC(C)=O)C(COC(=O)C(O)C(C)C)OC(=O)C([N-]C)C(C)C)C(C)C. The van der Waals surface area contributed by atoms with E-state index in [0.717, 1.165) is 13.8 Å². The molecule has 0 aromatic heterocycles. The second kappa shape index (κ2) is 21.6. The van der Waals surface area contributed by atoms with Gasteiger partial charge in [-0.1, -0.05) is 67.2 Å². The Morgan fingerprint density at radius 3 is 1.00 bits per heavy atom. The van der Waals surface area contributed by atoms with Gasteiger partial charge in [0.05, 0.1) is 0 Å². The number of carbonyl (C=O) groups excluding carboxylic acids is 6. The van der Waals surface area contributed by atoms with Gasteiger partial charge < -0.3 is 49.3 Å². The molecule has 0 spiro atoms. The molecule has 0 rings (SSSR count). The fraction of sp³-hybridized carbons (Fsp3) is 0.812. The molecule has 0 saturated heterocycles. The minimum Gasteiger partial charge on any atom is -0.653 e. The maximum absolute atomic E-state index is 13.3. The Kier molecular flexibility index (Phi) is 20.1. The lowest BCUT2D eigenvalue weighted by atomic mass is 10.0. The molecule has 0 saturated carbocycles.